The van der Waals surface area contributed by atoms with E-state index in [1.807, 2.05) is 35.7 Å². The Morgan fingerprint density at radius 1 is 1.29 bits per heavy atom. The molecule has 94 valence electrons. The van der Waals surface area contributed by atoms with Gasteiger partial charge in [0.2, 0.25) is 0 Å². The van der Waals surface area contributed by atoms with Crippen LogP contribution in [-0.4, -0.2) is 19.6 Å². The number of nitrogens with zero attached hydrogens (tertiary/aromatic N) is 4. The van der Waals surface area contributed by atoms with Gasteiger partial charge >= 0.3 is 0 Å². The van der Waals surface area contributed by atoms with Gasteiger partial charge in [-0.25, -0.2) is 0 Å². The number of rotatable bonds is 4. The van der Waals surface area contributed by atoms with Crippen molar-refractivity contribution in [2.45, 2.75) is 26.9 Å². The fraction of sp³-hybridized carbons (Fsp3) is 0.455. The van der Waals surface area contributed by atoms with Gasteiger partial charge in [0.1, 0.15) is 0 Å². The number of halogens is 1. The van der Waals surface area contributed by atoms with Gasteiger partial charge in [-0.1, -0.05) is 0 Å². The van der Waals surface area contributed by atoms with E-state index in [4.69, 9.17) is 0 Å². The fourth-order valence-corrected chi connectivity index (χ4v) is 1.54. The van der Waals surface area contributed by atoms with Gasteiger partial charge in [-0.05, 0) is 13.8 Å². The van der Waals surface area contributed by atoms with Crippen molar-refractivity contribution in [2.24, 2.45) is 7.05 Å². The zero-order valence-electron chi connectivity index (χ0n) is 10.3. The summed E-state index contributed by atoms with van der Waals surface area (Å²) in [7, 11) is 1.94. The molecule has 0 radical (unpaired) electrons. The summed E-state index contributed by atoms with van der Waals surface area (Å²) in [6.07, 6.45) is 5.79. The van der Waals surface area contributed by atoms with Crippen LogP contribution in [0, 0.1) is 6.92 Å². The minimum atomic E-state index is 0. The SMILES string of the molecule is CCn1cc(CNc2cnn(C)c2C)cn1.Cl. The predicted molar refractivity (Wildman–Crippen MR) is 70.4 cm³/mol. The summed E-state index contributed by atoms with van der Waals surface area (Å²) in [5.74, 6) is 0. The molecular formula is C11H18ClN5. The van der Waals surface area contributed by atoms with Crippen LogP contribution in [-0.2, 0) is 20.1 Å². The largest absolute Gasteiger partial charge is 0.378 e. The molecular weight excluding hydrogens is 238 g/mol. The number of aromatic nitrogens is 4. The molecule has 0 saturated heterocycles. The second-order valence-corrected chi connectivity index (χ2v) is 3.83. The number of hydrogen-bond acceptors (Lipinski definition) is 3. The molecule has 1 N–H and O–H groups in total. The third-order valence-electron chi connectivity index (χ3n) is 2.73. The quantitative estimate of drug-likeness (QED) is 0.909. The Hall–Kier alpha value is -1.49. The van der Waals surface area contributed by atoms with Crippen molar-refractivity contribution in [3.8, 4) is 0 Å². The lowest BCUT2D eigenvalue weighted by molar-refractivity contribution is 0.659. The van der Waals surface area contributed by atoms with Gasteiger partial charge in [-0.15, -0.1) is 12.4 Å². The Balaban J connectivity index is 0.00000144. The first-order chi connectivity index (χ1) is 7.70. The van der Waals surface area contributed by atoms with E-state index in [-0.39, 0.29) is 12.4 Å². The maximum atomic E-state index is 4.23. The van der Waals surface area contributed by atoms with Crippen molar-refractivity contribution in [1.29, 1.82) is 0 Å². The first-order valence-electron chi connectivity index (χ1n) is 5.44. The van der Waals surface area contributed by atoms with Gasteiger partial charge in [0.25, 0.3) is 0 Å². The molecule has 0 spiro atoms. The van der Waals surface area contributed by atoms with Gasteiger partial charge in [-0.3, -0.25) is 9.36 Å². The summed E-state index contributed by atoms with van der Waals surface area (Å²) < 4.78 is 3.78. The maximum absolute atomic E-state index is 4.23. The van der Waals surface area contributed by atoms with E-state index in [1.165, 1.54) is 5.56 Å². The minimum Gasteiger partial charge on any atom is -0.378 e. The molecule has 6 heteroatoms. The average molecular weight is 256 g/mol. The molecule has 0 bridgehead atoms. The predicted octanol–water partition coefficient (Wildman–Crippen LogP) is 1.98. The third kappa shape index (κ3) is 3.00. The molecule has 2 heterocycles. The summed E-state index contributed by atoms with van der Waals surface area (Å²) >= 11 is 0. The molecule has 0 aromatic carbocycles. The average Bonchev–Trinajstić information content (AvgIpc) is 2.86. The molecule has 5 nitrogen and oxygen atoms in total. The van der Waals surface area contributed by atoms with E-state index in [0.29, 0.717) is 0 Å². The van der Waals surface area contributed by atoms with E-state index >= 15 is 0 Å². The van der Waals surface area contributed by atoms with Gasteiger partial charge < -0.3 is 5.32 Å². The van der Waals surface area contributed by atoms with Crippen LogP contribution in [0.25, 0.3) is 0 Å². The molecule has 0 saturated carbocycles. The number of nitrogens with one attached hydrogen (secondary N) is 1. The summed E-state index contributed by atoms with van der Waals surface area (Å²) in [6.45, 7) is 5.82. The van der Waals surface area contributed by atoms with Crippen molar-refractivity contribution in [3.05, 3.63) is 29.8 Å². The second-order valence-electron chi connectivity index (χ2n) is 3.83. The lowest BCUT2D eigenvalue weighted by Gasteiger charge is -2.03. The lowest BCUT2D eigenvalue weighted by Crippen LogP contribution is -2.00. The van der Waals surface area contributed by atoms with Crippen LogP contribution < -0.4 is 5.32 Å². The van der Waals surface area contributed by atoms with Crippen LogP contribution in [0.5, 0.6) is 0 Å². The summed E-state index contributed by atoms with van der Waals surface area (Å²) in [5.41, 5.74) is 3.40. The summed E-state index contributed by atoms with van der Waals surface area (Å²) in [5, 5.41) is 11.8. The number of anilines is 1. The van der Waals surface area contributed by atoms with Gasteiger partial charge in [-0.2, -0.15) is 10.2 Å². The fourth-order valence-electron chi connectivity index (χ4n) is 1.54. The first-order valence-corrected chi connectivity index (χ1v) is 5.44. The molecule has 0 fully saturated rings. The number of hydrogen-bond donors (Lipinski definition) is 1. The molecule has 2 aromatic heterocycles. The lowest BCUT2D eigenvalue weighted by atomic mass is 10.3. The zero-order valence-corrected chi connectivity index (χ0v) is 11.2. The first kappa shape index (κ1) is 13.6. The molecule has 2 rings (SSSR count). The van der Waals surface area contributed by atoms with Gasteiger partial charge in [0.05, 0.1) is 23.8 Å². The Bertz CT molecular complexity index is 474. The van der Waals surface area contributed by atoms with Crippen LogP contribution in [0.15, 0.2) is 18.6 Å². The van der Waals surface area contributed by atoms with Crippen molar-refractivity contribution in [2.75, 3.05) is 5.32 Å². The smallest absolute Gasteiger partial charge is 0.0758 e. The molecule has 0 aliphatic carbocycles. The molecule has 0 aliphatic heterocycles. The molecule has 2 aromatic rings. The van der Waals surface area contributed by atoms with E-state index in [9.17, 15) is 0 Å². The van der Waals surface area contributed by atoms with Crippen molar-refractivity contribution < 1.29 is 0 Å². The molecule has 0 amide bonds. The Kier molecular flexibility index (Phi) is 4.57. The molecule has 0 aliphatic rings. The maximum Gasteiger partial charge on any atom is 0.0758 e. The monoisotopic (exact) mass is 255 g/mol. The third-order valence-corrected chi connectivity index (χ3v) is 2.73. The van der Waals surface area contributed by atoms with Crippen LogP contribution in [0.3, 0.4) is 0 Å². The van der Waals surface area contributed by atoms with Crippen LogP contribution >= 0.6 is 12.4 Å². The highest BCUT2D eigenvalue weighted by atomic mass is 35.5. The highest BCUT2D eigenvalue weighted by Gasteiger charge is 2.03. The van der Waals surface area contributed by atoms with Gasteiger partial charge in [0, 0.05) is 31.9 Å². The second kappa shape index (κ2) is 5.72. The van der Waals surface area contributed by atoms with Crippen molar-refractivity contribution >= 4 is 18.1 Å². The van der Waals surface area contributed by atoms with Crippen LogP contribution in [0.4, 0.5) is 5.69 Å². The minimum absolute atomic E-state index is 0. The van der Waals surface area contributed by atoms with Crippen molar-refractivity contribution in [3.63, 3.8) is 0 Å². The standard InChI is InChI=1S/C11H17N5.ClH/c1-4-16-8-10(6-14-16)5-12-11-7-13-15(3)9(11)2;/h6-8,12H,4-5H2,1-3H3;1H. The number of aryl methyl sites for hydroxylation is 2. The van der Waals surface area contributed by atoms with E-state index in [2.05, 4.69) is 28.6 Å². The van der Waals surface area contributed by atoms with Gasteiger partial charge in [0.15, 0.2) is 0 Å². The normalized spacial score (nSPS) is 10.1. The molecule has 0 unspecified atom stereocenters. The Morgan fingerprint density at radius 3 is 2.59 bits per heavy atom. The highest BCUT2D eigenvalue weighted by Crippen LogP contribution is 2.13. The molecule has 0 atom stereocenters. The van der Waals surface area contributed by atoms with E-state index in [1.54, 1.807) is 0 Å². The summed E-state index contributed by atoms with van der Waals surface area (Å²) in [6, 6.07) is 0. The Labute approximate surface area is 107 Å². The van der Waals surface area contributed by atoms with E-state index in [0.717, 1.165) is 24.5 Å². The highest BCUT2D eigenvalue weighted by molar-refractivity contribution is 5.85. The van der Waals surface area contributed by atoms with Crippen molar-refractivity contribution in [1.82, 2.24) is 19.6 Å². The van der Waals surface area contributed by atoms with Crippen LogP contribution in [0.2, 0.25) is 0 Å². The zero-order chi connectivity index (χ0) is 11.5. The van der Waals surface area contributed by atoms with E-state index < -0.39 is 0 Å². The molecule has 17 heavy (non-hydrogen) atoms. The topological polar surface area (TPSA) is 47.7 Å². The Morgan fingerprint density at radius 2 is 2.06 bits per heavy atom. The summed E-state index contributed by atoms with van der Waals surface area (Å²) in [4.78, 5) is 0. The van der Waals surface area contributed by atoms with Crippen LogP contribution in [0.1, 0.15) is 18.2 Å².